The number of hydrogen-bond acceptors (Lipinski definition) is 5. The molecule has 354 valence electrons. The van der Waals surface area contributed by atoms with Crippen LogP contribution < -0.4 is 0 Å². The minimum atomic E-state index is 0.538. The maximum absolute atomic E-state index is 5.62. The fourth-order valence-corrected chi connectivity index (χ4v) is 13.7. The first-order valence-corrected chi connectivity index (χ1v) is 27.2. The Balaban J connectivity index is 0.932. The van der Waals surface area contributed by atoms with Crippen molar-refractivity contribution in [1.29, 1.82) is 0 Å². The van der Waals surface area contributed by atoms with Gasteiger partial charge in [-0.15, -0.1) is 22.7 Å². The van der Waals surface area contributed by atoms with Crippen LogP contribution in [0.3, 0.4) is 0 Å². The van der Waals surface area contributed by atoms with Crippen LogP contribution >= 0.6 is 22.7 Å². The Hall–Kier alpha value is -9.53. The van der Waals surface area contributed by atoms with E-state index < -0.39 is 0 Å². The van der Waals surface area contributed by atoms with Crippen LogP contribution in [0.1, 0.15) is 0 Å². The highest BCUT2D eigenvalue weighted by atomic mass is 32.1. The van der Waals surface area contributed by atoms with Crippen LogP contribution in [0.25, 0.3) is 152 Å². The van der Waals surface area contributed by atoms with Crippen molar-refractivity contribution in [3.8, 4) is 67.8 Å². The van der Waals surface area contributed by atoms with Crippen LogP contribution in [-0.2, 0) is 0 Å². The topological polar surface area (TPSA) is 48.5 Å². The lowest BCUT2D eigenvalue weighted by molar-refractivity contribution is 0.893. The first kappa shape index (κ1) is 42.9. The van der Waals surface area contributed by atoms with Gasteiger partial charge in [-0.05, 0) is 117 Å². The summed E-state index contributed by atoms with van der Waals surface area (Å²) in [7, 11) is 0. The number of aromatic nitrogens is 5. The molecule has 5 aromatic heterocycles. The molecular weight excluding hydrogens is 963 g/mol. The molecular formula is C69H41N5S2. The first-order valence-electron chi connectivity index (χ1n) is 25.6. The van der Waals surface area contributed by atoms with E-state index in [1.807, 2.05) is 22.7 Å². The molecule has 16 rings (SSSR count). The maximum Gasteiger partial charge on any atom is 0.240 e. The van der Waals surface area contributed by atoms with Gasteiger partial charge in [-0.25, -0.2) is 0 Å². The van der Waals surface area contributed by atoms with Crippen molar-refractivity contribution >= 4 is 107 Å². The smallest absolute Gasteiger partial charge is 0.240 e. The van der Waals surface area contributed by atoms with Crippen LogP contribution in [0.2, 0.25) is 0 Å². The maximum atomic E-state index is 5.62. The van der Waals surface area contributed by atoms with Gasteiger partial charge in [-0.1, -0.05) is 176 Å². The number of nitrogens with zero attached hydrogens (tertiary/aromatic N) is 5. The van der Waals surface area contributed by atoms with Crippen LogP contribution in [0.15, 0.2) is 249 Å². The van der Waals surface area contributed by atoms with E-state index in [1.165, 1.54) is 45.9 Å². The Bertz CT molecular complexity index is 4770. The van der Waals surface area contributed by atoms with Crippen molar-refractivity contribution in [3.63, 3.8) is 0 Å². The van der Waals surface area contributed by atoms with Gasteiger partial charge in [0.15, 0.2) is 5.82 Å². The van der Waals surface area contributed by atoms with Crippen molar-refractivity contribution in [2.45, 2.75) is 0 Å². The zero-order valence-electron chi connectivity index (χ0n) is 40.7. The predicted octanol–water partition coefficient (Wildman–Crippen LogP) is 19.1. The third-order valence-electron chi connectivity index (χ3n) is 15.2. The molecule has 5 nitrogen and oxygen atoms in total. The lowest BCUT2D eigenvalue weighted by atomic mass is 9.98. The van der Waals surface area contributed by atoms with Crippen molar-refractivity contribution in [2.75, 3.05) is 0 Å². The van der Waals surface area contributed by atoms with E-state index in [4.69, 9.17) is 15.0 Å². The van der Waals surface area contributed by atoms with E-state index in [2.05, 4.69) is 258 Å². The lowest BCUT2D eigenvalue weighted by Crippen LogP contribution is -2.10. The summed E-state index contributed by atoms with van der Waals surface area (Å²) in [5, 5.41) is 9.63. The van der Waals surface area contributed by atoms with Crippen LogP contribution in [0, 0.1) is 0 Å². The average Bonchev–Trinajstić information content (AvgIpc) is 4.27. The van der Waals surface area contributed by atoms with Crippen molar-refractivity contribution in [3.05, 3.63) is 249 Å². The van der Waals surface area contributed by atoms with E-state index in [0.29, 0.717) is 17.7 Å². The zero-order valence-corrected chi connectivity index (χ0v) is 42.4. The minimum absolute atomic E-state index is 0.538. The molecule has 0 atom stereocenters. The van der Waals surface area contributed by atoms with Gasteiger partial charge in [0, 0.05) is 67.5 Å². The normalized spacial score (nSPS) is 11.9. The molecule has 0 spiro atoms. The molecule has 0 amide bonds. The Morgan fingerprint density at radius 1 is 0.224 bits per heavy atom. The second-order valence-electron chi connectivity index (χ2n) is 19.6. The monoisotopic (exact) mass is 1000 g/mol. The molecule has 0 saturated carbocycles. The Kier molecular flexibility index (Phi) is 9.61. The van der Waals surface area contributed by atoms with Gasteiger partial charge in [0.2, 0.25) is 11.9 Å². The summed E-state index contributed by atoms with van der Waals surface area (Å²) < 4.78 is 9.65. The number of benzene rings is 11. The molecule has 0 N–H and O–H groups in total. The molecule has 0 aliphatic rings. The molecule has 0 saturated heterocycles. The molecule has 16 aromatic rings. The highest BCUT2D eigenvalue weighted by molar-refractivity contribution is 7.26. The fourth-order valence-electron chi connectivity index (χ4n) is 11.6. The largest absolute Gasteiger partial charge is 0.278 e. The molecule has 11 aromatic carbocycles. The molecule has 0 radical (unpaired) electrons. The van der Waals surface area contributed by atoms with Gasteiger partial charge in [-0.2, -0.15) is 15.0 Å². The molecule has 0 fully saturated rings. The standard InChI is InChI=1S/C69H41N5S2/c1-2-14-42(15-3-1)43-16-12-17-44(36-43)45-18-13-19-50(37-45)67-70-68(73-59-24-8-4-20-51(59)53-32-28-48(40-61(53)73)46-30-34-65-57(38-46)55-22-6-10-26-63(55)75-65)72-69(71-67)74-60-25-9-5-21-52(60)54-33-29-49(41-62(54)74)47-31-35-66-58(39-47)56-23-7-11-27-64(56)76-66/h1-41H. The third kappa shape index (κ3) is 6.87. The third-order valence-corrected chi connectivity index (χ3v) is 17.5. The number of thiophene rings is 2. The predicted molar refractivity (Wildman–Crippen MR) is 321 cm³/mol. The number of hydrogen-bond donors (Lipinski definition) is 0. The van der Waals surface area contributed by atoms with E-state index in [9.17, 15) is 0 Å². The summed E-state index contributed by atoms with van der Waals surface area (Å²) in [6.45, 7) is 0. The van der Waals surface area contributed by atoms with E-state index in [0.717, 1.165) is 88.1 Å². The Morgan fingerprint density at radius 2 is 0.592 bits per heavy atom. The Morgan fingerprint density at radius 3 is 1.13 bits per heavy atom. The molecule has 0 bridgehead atoms. The minimum Gasteiger partial charge on any atom is -0.278 e. The van der Waals surface area contributed by atoms with E-state index in [-0.39, 0.29) is 0 Å². The molecule has 7 heteroatoms. The molecule has 76 heavy (non-hydrogen) atoms. The molecule has 5 heterocycles. The summed E-state index contributed by atoms with van der Waals surface area (Å²) in [6, 6.07) is 90.0. The van der Waals surface area contributed by atoms with E-state index in [1.54, 1.807) is 0 Å². The van der Waals surface area contributed by atoms with Gasteiger partial charge in [0.05, 0.1) is 22.1 Å². The van der Waals surface area contributed by atoms with Crippen LogP contribution in [0.5, 0.6) is 0 Å². The zero-order chi connectivity index (χ0) is 49.8. The van der Waals surface area contributed by atoms with Gasteiger partial charge in [0.25, 0.3) is 0 Å². The van der Waals surface area contributed by atoms with Gasteiger partial charge in [0.1, 0.15) is 0 Å². The summed E-state index contributed by atoms with van der Waals surface area (Å²) in [5.41, 5.74) is 14.1. The fraction of sp³-hybridized carbons (Fsp3) is 0. The summed E-state index contributed by atoms with van der Waals surface area (Å²) in [5.74, 6) is 1.65. The quantitative estimate of drug-likeness (QED) is 0.160. The average molecular weight is 1000 g/mol. The number of para-hydroxylation sites is 2. The highest BCUT2D eigenvalue weighted by Gasteiger charge is 2.22. The molecule has 0 unspecified atom stereocenters. The summed E-state index contributed by atoms with van der Waals surface area (Å²) in [6.07, 6.45) is 0. The van der Waals surface area contributed by atoms with Crippen molar-refractivity contribution in [2.24, 2.45) is 0 Å². The van der Waals surface area contributed by atoms with Crippen molar-refractivity contribution < 1.29 is 0 Å². The van der Waals surface area contributed by atoms with Gasteiger partial charge in [-0.3, -0.25) is 9.13 Å². The first-order chi connectivity index (χ1) is 37.6. The molecule has 0 aliphatic carbocycles. The van der Waals surface area contributed by atoms with Crippen LogP contribution in [-0.4, -0.2) is 24.1 Å². The number of fused-ring (bicyclic) bond motifs is 12. The van der Waals surface area contributed by atoms with Gasteiger partial charge < -0.3 is 0 Å². The molecule has 0 aliphatic heterocycles. The SMILES string of the molecule is c1ccc(-c2cccc(-c3cccc(-c4nc(-n5c6ccccc6c6ccc(-c7ccc8sc9ccccc9c8c7)cc65)nc(-n5c6ccccc6c6ccc(-c7ccc8sc9ccccc9c8c7)cc65)n4)c3)c2)cc1. The summed E-state index contributed by atoms with van der Waals surface area (Å²) >= 11 is 3.69. The van der Waals surface area contributed by atoms with Gasteiger partial charge >= 0.3 is 0 Å². The highest BCUT2D eigenvalue weighted by Crippen LogP contribution is 2.42. The van der Waals surface area contributed by atoms with Crippen LogP contribution in [0.4, 0.5) is 0 Å². The number of rotatable bonds is 7. The Labute approximate surface area is 444 Å². The van der Waals surface area contributed by atoms with E-state index >= 15 is 0 Å². The second-order valence-corrected chi connectivity index (χ2v) is 21.7. The summed E-state index contributed by atoms with van der Waals surface area (Å²) in [4.78, 5) is 16.7. The second kappa shape index (κ2) is 17.0. The van der Waals surface area contributed by atoms with Crippen molar-refractivity contribution in [1.82, 2.24) is 24.1 Å². The lowest BCUT2D eigenvalue weighted by Gasteiger charge is -2.14.